The monoisotopic (exact) mass is 422 g/mol. The Bertz CT molecular complexity index is 946. The molecular weight excluding hydrogens is 399 g/mol. The van der Waals surface area contributed by atoms with Crippen molar-refractivity contribution in [3.8, 4) is 11.3 Å². The highest BCUT2D eigenvalue weighted by Crippen LogP contribution is 2.27. The molecule has 0 unspecified atom stereocenters. The van der Waals surface area contributed by atoms with E-state index >= 15 is 0 Å². The number of carbonyl (C=O) groups is 2. The van der Waals surface area contributed by atoms with Gasteiger partial charge in [-0.25, -0.2) is 14.6 Å². The number of nitrogens with one attached hydrogen (secondary N) is 1. The number of imidazole rings is 1. The molecule has 0 fully saturated rings. The average molecular weight is 422 g/mol. The molecular formula is C19H23FN4O6. The van der Waals surface area contributed by atoms with Crippen molar-refractivity contribution in [2.45, 2.75) is 52.7 Å². The number of ether oxygens (including phenoxy) is 2. The highest BCUT2D eigenvalue weighted by Gasteiger charge is 2.34. The number of aromatic amines is 1. The summed E-state index contributed by atoms with van der Waals surface area (Å²) < 4.78 is 24.1. The van der Waals surface area contributed by atoms with Crippen LogP contribution < -0.4 is 4.90 Å². The average Bonchev–Trinajstić information content (AvgIpc) is 3.01. The Morgan fingerprint density at radius 2 is 1.63 bits per heavy atom. The molecule has 0 aliphatic carbocycles. The number of carbonyl (C=O) groups excluding carboxylic acids is 2. The SMILES string of the molecule is CC(C)(C)OC(=O)N(C(=O)OC(C)(C)C)c1ncc(-c2ccc(F)c([N+](=O)[O-])c2)[nH]1. The number of anilines is 1. The van der Waals surface area contributed by atoms with E-state index in [0.717, 1.165) is 12.1 Å². The summed E-state index contributed by atoms with van der Waals surface area (Å²) in [5, 5.41) is 11.0. The van der Waals surface area contributed by atoms with E-state index in [0.29, 0.717) is 4.90 Å². The zero-order valence-corrected chi connectivity index (χ0v) is 17.5. The molecule has 1 aromatic carbocycles. The maximum absolute atomic E-state index is 13.6. The summed E-state index contributed by atoms with van der Waals surface area (Å²) >= 11 is 0. The normalized spacial score (nSPS) is 11.7. The molecule has 11 heteroatoms. The van der Waals surface area contributed by atoms with E-state index in [1.165, 1.54) is 12.3 Å². The predicted octanol–water partition coefficient (Wildman–Crippen LogP) is 4.80. The van der Waals surface area contributed by atoms with Crippen LogP contribution in [0.4, 0.5) is 25.6 Å². The van der Waals surface area contributed by atoms with Crippen LogP contribution in [0.3, 0.4) is 0 Å². The number of imide groups is 1. The number of hydrogen-bond acceptors (Lipinski definition) is 7. The third-order valence-corrected chi connectivity index (χ3v) is 3.38. The number of H-pyrrole nitrogens is 1. The third kappa shape index (κ3) is 5.75. The standard InChI is InChI=1S/C19H23FN4O6/c1-18(2,3)29-16(25)23(17(26)30-19(4,5)6)15-21-10-13(22-15)11-7-8-12(20)14(9-11)24(27)28/h7-10H,1-6H3,(H,21,22). The van der Waals surface area contributed by atoms with Crippen LogP contribution in [-0.2, 0) is 9.47 Å². The Morgan fingerprint density at radius 1 is 1.10 bits per heavy atom. The summed E-state index contributed by atoms with van der Waals surface area (Å²) in [6, 6.07) is 3.25. The van der Waals surface area contributed by atoms with E-state index in [4.69, 9.17) is 9.47 Å². The predicted molar refractivity (Wildman–Crippen MR) is 106 cm³/mol. The third-order valence-electron chi connectivity index (χ3n) is 3.38. The van der Waals surface area contributed by atoms with Crippen LogP contribution in [0.5, 0.6) is 0 Å². The number of amides is 2. The largest absolute Gasteiger partial charge is 0.443 e. The van der Waals surface area contributed by atoms with Crippen molar-refractivity contribution >= 4 is 23.8 Å². The molecule has 1 heterocycles. The topological polar surface area (TPSA) is 128 Å². The number of nitro benzene ring substituents is 1. The first-order valence-electron chi connectivity index (χ1n) is 8.93. The summed E-state index contributed by atoms with van der Waals surface area (Å²) in [7, 11) is 0. The van der Waals surface area contributed by atoms with Crippen LogP contribution in [0.25, 0.3) is 11.3 Å². The molecule has 0 aliphatic heterocycles. The Hall–Kier alpha value is -3.50. The lowest BCUT2D eigenvalue weighted by Gasteiger charge is -2.27. The van der Waals surface area contributed by atoms with Crippen LogP contribution >= 0.6 is 0 Å². The molecule has 0 aliphatic rings. The molecule has 0 saturated carbocycles. The van der Waals surface area contributed by atoms with Crippen molar-refractivity contribution in [2.24, 2.45) is 0 Å². The fourth-order valence-electron chi connectivity index (χ4n) is 2.25. The maximum Gasteiger partial charge on any atom is 0.427 e. The van der Waals surface area contributed by atoms with Crippen molar-refractivity contribution in [1.82, 2.24) is 9.97 Å². The van der Waals surface area contributed by atoms with E-state index in [9.17, 15) is 24.1 Å². The molecule has 1 N–H and O–H groups in total. The van der Waals surface area contributed by atoms with Crippen LogP contribution in [0.1, 0.15) is 41.5 Å². The molecule has 0 radical (unpaired) electrons. The van der Waals surface area contributed by atoms with Crippen molar-refractivity contribution in [3.05, 3.63) is 40.3 Å². The highest BCUT2D eigenvalue weighted by molar-refractivity contribution is 6.08. The van der Waals surface area contributed by atoms with Gasteiger partial charge in [-0.15, -0.1) is 4.90 Å². The minimum Gasteiger partial charge on any atom is -0.443 e. The van der Waals surface area contributed by atoms with Gasteiger partial charge in [-0.05, 0) is 53.7 Å². The van der Waals surface area contributed by atoms with Crippen molar-refractivity contribution in [3.63, 3.8) is 0 Å². The summed E-state index contributed by atoms with van der Waals surface area (Å²) in [5.74, 6) is -1.21. The molecule has 0 atom stereocenters. The highest BCUT2D eigenvalue weighted by atomic mass is 19.1. The zero-order chi connectivity index (χ0) is 22.9. The van der Waals surface area contributed by atoms with Gasteiger partial charge in [0.05, 0.1) is 16.8 Å². The van der Waals surface area contributed by atoms with Gasteiger partial charge < -0.3 is 14.5 Å². The van der Waals surface area contributed by atoms with Crippen molar-refractivity contribution < 1.29 is 28.4 Å². The van der Waals surface area contributed by atoms with Gasteiger partial charge >= 0.3 is 17.9 Å². The summed E-state index contributed by atoms with van der Waals surface area (Å²) in [4.78, 5) is 42.7. The van der Waals surface area contributed by atoms with E-state index in [-0.39, 0.29) is 17.2 Å². The lowest BCUT2D eigenvalue weighted by Crippen LogP contribution is -2.44. The molecule has 1 aromatic heterocycles. The zero-order valence-electron chi connectivity index (χ0n) is 17.5. The number of hydrogen-bond donors (Lipinski definition) is 1. The minimum absolute atomic E-state index is 0.213. The van der Waals surface area contributed by atoms with E-state index < -0.39 is 39.8 Å². The van der Waals surface area contributed by atoms with Crippen molar-refractivity contribution in [2.75, 3.05) is 4.90 Å². The fourth-order valence-corrected chi connectivity index (χ4v) is 2.25. The summed E-state index contributed by atoms with van der Waals surface area (Å²) in [5.41, 5.74) is -2.07. The first-order chi connectivity index (χ1) is 13.7. The first kappa shape index (κ1) is 22.8. The Balaban J connectivity index is 2.45. The molecule has 2 amide bonds. The molecule has 0 bridgehead atoms. The van der Waals surface area contributed by atoms with Gasteiger partial charge in [0, 0.05) is 11.6 Å². The number of benzene rings is 1. The molecule has 2 aromatic rings. The number of nitro groups is 1. The second-order valence-corrected chi connectivity index (χ2v) is 8.34. The first-order valence-corrected chi connectivity index (χ1v) is 8.93. The van der Waals surface area contributed by atoms with E-state index in [1.807, 2.05) is 0 Å². The van der Waals surface area contributed by atoms with Gasteiger partial charge in [0.15, 0.2) is 0 Å². The molecule has 10 nitrogen and oxygen atoms in total. The summed E-state index contributed by atoms with van der Waals surface area (Å²) in [6.07, 6.45) is -0.806. The number of rotatable bonds is 3. The van der Waals surface area contributed by atoms with Crippen LogP contribution in [0, 0.1) is 15.9 Å². The second-order valence-electron chi connectivity index (χ2n) is 8.34. The van der Waals surface area contributed by atoms with Crippen LogP contribution in [-0.4, -0.2) is 38.3 Å². The molecule has 162 valence electrons. The van der Waals surface area contributed by atoms with Gasteiger partial charge in [-0.3, -0.25) is 10.1 Å². The maximum atomic E-state index is 13.6. The van der Waals surface area contributed by atoms with E-state index in [2.05, 4.69) is 9.97 Å². The number of halogens is 1. The molecule has 0 spiro atoms. The fraction of sp³-hybridized carbons (Fsp3) is 0.421. The second kappa shape index (κ2) is 8.09. The Kier molecular flexibility index (Phi) is 6.14. The molecule has 30 heavy (non-hydrogen) atoms. The Labute approximate surface area is 172 Å². The van der Waals surface area contributed by atoms with Gasteiger partial charge in [0.1, 0.15) is 11.2 Å². The lowest BCUT2D eigenvalue weighted by molar-refractivity contribution is -0.387. The van der Waals surface area contributed by atoms with Crippen molar-refractivity contribution in [1.29, 1.82) is 0 Å². The van der Waals surface area contributed by atoms with Gasteiger partial charge in [0.2, 0.25) is 11.8 Å². The van der Waals surface area contributed by atoms with Gasteiger partial charge in [0.25, 0.3) is 0 Å². The number of nitrogens with zero attached hydrogens (tertiary/aromatic N) is 3. The Morgan fingerprint density at radius 3 is 2.10 bits per heavy atom. The smallest absolute Gasteiger partial charge is 0.427 e. The molecule has 2 rings (SSSR count). The lowest BCUT2D eigenvalue weighted by atomic mass is 10.1. The van der Waals surface area contributed by atoms with Crippen LogP contribution in [0.15, 0.2) is 24.4 Å². The van der Waals surface area contributed by atoms with Gasteiger partial charge in [-0.2, -0.15) is 4.39 Å². The van der Waals surface area contributed by atoms with Gasteiger partial charge in [-0.1, -0.05) is 0 Å². The minimum atomic E-state index is -1.03. The summed E-state index contributed by atoms with van der Waals surface area (Å²) in [6.45, 7) is 9.77. The van der Waals surface area contributed by atoms with E-state index in [1.54, 1.807) is 41.5 Å². The molecule has 0 saturated heterocycles. The number of aromatic nitrogens is 2. The quantitative estimate of drug-likeness (QED) is 0.556. The van der Waals surface area contributed by atoms with Crippen LogP contribution in [0.2, 0.25) is 0 Å².